The minimum atomic E-state index is -0.144. The number of benzene rings is 1. The molecule has 1 N–H and O–H groups in total. The molecule has 3 rings (SSSR count). The summed E-state index contributed by atoms with van der Waals surface area (Å²) in [7, 11) is 0. The van der Waals surface area contributed by atoms with Crippen molar-refractivity contribution < 1.29 is 4.39 Å². The molecule has 1 aromatic carbocycles. The predicted octanol–water partition coefficient (Wildman–Crippen LogP) is 3.71. The SMILES string of the molecule is CCC1CNC2(CCCCC2)CN1Cc1ccc(F)cc1. The van der Waals surface area contributed by atoms with E-state index < -0.39 is 0 Å². The first-order chi connectivity index (χ1) is 10.2. The number of piperazine rings is 1. The van der Waals surface area contributed by atoms with Crippen LogP contribution in [0.5, 0.6) is 0 Å². The summed E-state index contributed by atoms with van der Waals surface area (Å²) in [6.45, 7) is 5.45. The second-order valence-electron chi connectivity index (χ2n) is 6.82. The lowest BCUT2D eigenvalue weighted by molar-refractivity contribution is 0.0484. The molecule has 0 radical (unpaired) electrons. The lowest BCUT2D eigenvalue weighted by Crippen LogP contribution is -2.64. The first kappa shape index (κ1) is 15.0. The van der Waals surface area contributed by atoms with Crippen molar-refractivity contribution in [1.29, 1.82) is 0 Å². The van der Waals surface area contributed by atoms with Gasteiger partial charge in [-0.15, -0.1) is 0 Å². The molecule has 1 heterocycles. The number of rotatable bonds is 3. The average Bonchev–Trinajstić information content (AvgIpc) is 2.51. The van der Waals surface area contributed by atoms with Gasteiger partial charge in [-0.25, -0.2) is 4.39 Å². The lowest BCUT2D eigenvalue weighted by atomic mass is 9.79. The summed E-state index contributed by atoms with van der Waals surface area (Å²) in [4.78, 5) is 2.62. The fourth-order valence-electron chi connectivity index (χ4n) is 4.01. The molecule has 1 unspecified atom stereocenters. The van der Waals surface area contributed by atoms with Crippen molar-refractivity contribution in [3.63, 3.8) is 0 Å². The molecular weight excluding hydrogens is 263 g/mol. The zero-order valence-electron chi connectivity index (χ0n) is 13.1. The first-order valence-electron chi connectivity index (χ1n) is 8.44. The third-order valence-electron chi connectivity index (χ3n) is 5.32. The molecule has 1 saturated heterocycles. The van der Waals surface area contributed by atoms with Crippen LogP contribution in [-0.2, 0) is 6.54 Å². The fraction of sp³-hybridized carbons (Fsp3) is 0.667. The largest absolute Gasteiger partial charge is 0.308 e. The molecule has 1 atom stereocenters. The van der Waals surface area contributed by atoms with Gasteiger partial charge in [0.05, 0.1) is 0 Å². The van der Waals surface area contributed by atoms with Gasteiger partial charge in [0.15, 0.2) is 0 Å². The summed E-state index contributed by atoms with van der Waals surface area (Å²) < 4.78 is 13.1. The molecule has 2 aliphatic rings. The van der Waals surface area contributed by atoms with Gasteiger partial charge in [-0.3, -0.25) is 4.90 Å². The molecule has 3 heteroatoms. The molecular formula is C18H27FN2. The monoisotopic (exact) mass is 290 g/mol. The normalized spacial score (nSPS) is 26.1. The van der Waals surface area contributed by atoms with Crippen molar-refractivity contribution in [2.24, 2.45) is 0 Å². The van der Waals surface area contributed by atoms with E-state index in [4.69, 9.17) is 0 Å². The van der Waals surface area contributed by atoms with E-state index in [0.29, 0.717) is 11.6 Å². The Hall–Kier alpha value is -0.930. The summed E-state index contributed by atoms with van der Waals surface area (Å²) in [6.07, 6.45) is 7.89. The van der Waals surface area contributed by atoms with Crippen LogP contribution in [-0.4, -0.2) is 29.6 Å². The Bertz CT molecular complexity index is 451. The molecule has 2 nitrogen and oxygen atoms in total. The van der Waals surface area contributed by atoms with Gasteiger partial charge in [-0.2, -0.15) is 0 Å². The van der Waals surface area contributed by atoms with E-state index in [0.717, 1.165) is 19.6 Å². The number of halogens is 1. The summed E-state index contributed by atoms with van der Waals surface area (Å²) in [5.74, 6) is -0.144. The van der Waals surface area contributed by atoms with E-state index in [-0.39, 0.29) is 5.82 Å². The molecule has 1 aliphatic heterocycles. The van der Waals surface area contributed by atoms with Crippen LogP contribution in [0.25, 0.3) is 0 Å². The van der Waals surface area contributed by atoms with Gasteiger partial charge in [0, 0.05) is 31.2 Å². The highest BCUT2D eigenvalue weighted by atomic mass is 19.1. The minimum Gasteiger partial charge on any atom is -0.308 e. The maximum atomic E-state index is 13.1. The van der Waals surface area contributed by atoms with E-state index in [1.165, 1.54) is 44.1 Å². The van der Waals surface area contributed by atoms with Crippen molar-refractivity contribution in [3.05, 3.63) is 35.6 Å². The summed E-state index contributed by atoms with van der Waals surface area (Å²) in [5.41, 5.74) is 1.56. The number of hydrogen-bond acceptors (Lipinski definition) is 2. The zero-order chi connectivity index (χ0) is 14.7. The van der Waals surface area contributed by atoms with Gasteiger partial charge < -0.3 is 5.32 Å². The molecule has 1 spiro atoms. The Morgan fingerprint density at radius 3 is 2.57 bits per heavy atom. The lowest BCUT2D eigenvalue weighted by Gasteiger charge is -2.49. The van der Waals surface area contributed by atoms with Gasteiger partial charge >= 0.3 is 0 Å². The van der Waals surface area contributed by atoms with Crippen LogP contribution in [0.3, 0.4) is 0 Å². The number of nitrogens with zero attached hydrogens (tertiary/aromatic N) is 1. The standard InChI is InChI=1S/C18H27FN2/c1-2-17-12-20-18(10-4-3-5-11-18)14-21(17)13-15-6-8-16(19)9-7-15/h6-9,17,20H,2-5,10-14H2,1H3. The second-order valence-corrected chi connectivity index (χ2v) is 6.82. The van der Waals surface area contributed by atoms with Gasteiger partial charge in [0.1, 0.15) is 5.82 Å². The third kappa shape index (κ3) is 3.46. The van der Waals surface area contributed by atoms with E-state index in [2.05, 4.69) is 17.1 Å². The third-order valence-corrected chi connectivity index (χ3v) is 5.32. The average molecular weight is 290 g/mol. The van der Waals surface area contributed by atoms with Crippen LogP contribution in [0.4, 0.5) is 4.39 Å². The summed E-state index contributed by atoms with van der Waals surface area (Å²) in [6, 6.07) is 7.61. The molecule has 21 heavy (non-hydrogen) atoms. The van der Waals surface area contributed by atoms with Crippen LogP contribution < -0.4 is 5.32 Å². The smallest absolute Gasteiger partial charge is 0.123 e. The summed E-state index contributed by atoms with van der Waals surface area (Å²) in [5, 5.41) is 3.86. The van der Waals surface area contributed by atoms with Gasteiger partial charge in [-0.1, -0.05) is 38.3 Å². The van der Waals surface area contributed by atoms with E-state index >= 15 is 0 Å². The molecule has 1 saturated carbocycles. The maximum Gasteiger partial charge on any atom is 0.123 e. The van der Waals surface area contributed by atoms with Crippen LogP contribution in [0.2, 0.25) is 0 Å². The molecule has 0 amide bonds. The minimum absolute atomic E-state index is 0.144. The van der Waals surface area contributed by atoms with Crippen LogP contribution in [0, 0.1) is 5.82 Å². The Morgan fingerprint density at radius 1 is 1.19 bits per heavy atom. The summed E-state index contributed by atoms with van der Waals surface area (Å²) >= 11 is 0. The van der Waals surface area contributed by atoms with Crippen molar-refractivity contribution in [3.8, 4) is 0 Å². The Kier molecular flexibility index (Phi) is 4.60. The van der Waals surface area contributed by atoms with Crippen LogP contribution in [0.15, 0.2) is 24.3 Å². The van der Waals surface area contributed by atoms with Crippen molar-refractivity contribution in [2.75, 3.05) is 13.1 Å². The quantitative estimate of drug-likeness (QED) is 0.913. The molecule has 0 bridgehead atoms. The fourth-order valence-corrected chi connectivity index (χ4v) is 4.01. The highest BCUT2D eigenvalue weighted by molar-refractivity contribution is 5.16. The first-order valence-corrected chi connectivity index (χ1v) is 8.44. The van der Waals surface area contributed by atoms with Gasteiger partial charge in [-0.05, 0) is 37.0 Å². The predicted molar refractivity (Wildman–Crippen MR) is 84.7 cm³/mol. The van der Waals surface area contributed by atoms with Crippen molar-refractivity contribution in [1.82, 2.24) is 10.2 Å². The van der Waals surface area contributed by atoms with E-state index in [1.807, 2.05) is 12.1 Å². The molecule has 0 aromatic heterocycles. The molecule has 1 aromatic rings. The van der Waals surface area contributed by atoms with Gasteiger partial charge in [0.2, 0.25) is 0 Å². The molecule has 2 fully saturated rings. The highest BCUT2D eigenvalue weighted by Crippen LogP contribution is 2.32. The van der Waals surface area contributed by atoms with E-state index in [1.54, 1.807) is 12.1 Å². The van der Waals surface area contributed by atoms with Crippen LogP contribution >= 0.6 is 0 Å². The highest BCUT2D eigenvalue weighted by Gasteiger charge is 2.39. The Labute approximate surface area is 127 Å². The van der Waals surface area contributed by atoms with Crippen molar-refractivity contribution in [2.45, 2.75) is 63.6 Å². The zero-order valence-corrected chi connectivity index (χ0v) is 13.1. The molecule has 116 valence electrons. The van der Waals surface area contributed by atoms with Gasteiger partial charge in [0.25, 0.3) is 0 Å². The van der Waals surface area contributed by atoms with E-state index in [9.17, 15) is 4.39 Å². The number of hydrogen-bond donors (Lipinski definition) is 1. The maximum absolute atomic E-state index is 13.1. The Balaban J connectivity index is 1.71. The topological polar surface area (TPSA) is 15.3 Å². The molecule has 1 aliphatic carbocycles. The Morgan fingerprint density at radius 2 is 1.90 bits per heavy atom. The van der Waals surface area contributed by atoms with Crippen LogP contribution in [0.1, 0.15) is 51.0 Å². The second kappa shape index (κ2) is 6.45. The number of nitrogens with one attached hydrogen (secondary N) is 1. The van der Waals surface area contributed by atoms with Crippen molar-refractivity contribution >= 4 is 0 Å².